The highest BCUT2D eigenvalue weighted by Gasteiger charge is 2.12. The minimum atomic E-state index is -0.561. The molecule has 1 atom stereocenters. The second-order valence-corrected chi connectivity index (χ2v) is 4.22. The summed E-state index contributed by atoms with van der Waals surface area (Å²) in [5, 5.41) is 7.33. The summed E-state index contributed by atoms with van der Waals surface area (Å²) in [6.07, 6.45) is 3.15. The fourth-order valence-corrected chi connectivity index (χ4v) is 1.77. The van der Waals surface area contributed by atoms with Crippen molar-refractivity contribution < 1.29 is 9.53 Å². The van der Waals surface area contributed by atoms with Crippen LogP contribution >= 0.6 is 0 Å². The first kappa shape index (κ1) is 14.1. The standard InChI is InChI=1S/C13H17N5O2/c1-4-14-9(2)11-6-5-10(7-15-11)18-8-16-12(17-18)13(19)20-3/h5-9,14H,4H2,1-3H3. The molecule has 7 heteroatoms. The minimum Gasteiger partial charge on any atom is -0.463 e. The molecule has 1 N–H and O–H groups in total. The first-order valence-corrected chi connectivity index (χ1v) is 6.35. The van der Waals surface area contributed by atoms with Crippen LogP contribution in [0.25, 0.3) is 5.69 Å². The SMILES string of the molecule is CCNC(C)c1ccc(-n2cnc(C(=O)OC)n2)cn1. The maximum Gasteiger partial charge on any atom is 0.377 e. The van der Waals surface area contributed by atoms with Gasteiger partial charge in [0.1, 0.15) is 6.33 Å². The molecule has 0 aliphatic heterocycles. The van der Waals surface area contributed by atoms with E-state index in [0.29, 0.717) is 0 Å². The molecule has 0 bridgehead atoms. The van der Waals surface area contributed by atoms with Crippen molar-refractivity contribution >= 4 is 5.97 Å². The van der Waals surface area contributed by atoms with E-state index in [0.717, 1.165) is 17.9 Å². The Morgan fingerprint density at radius 1 is 1.45 bits per heavy atom. The van der Waals surface area contributed by atoms with Crippen LogP contribution in [-0.2, 0) is 4.74 Å². The van der Waals surface area contributed by atoms with Crippen LogP contribution in [0.5, 0.6) is 0 Å². The number of carbonyl (C=O) groups excluding carboxylic acids is 1. The number of hydrogen-bond donors (Lipinski definition) is 1. The van der Waals surface area contributed by atoms with Crippen LogP contribution in [0.3, 0.4) is 0 Å². The normalized spacial score (nSPS) is 12.2. The van der Waals surface area contributed by atoms with Crippen molar-refractivity contribution in [2.45, 2.75) is 19.9 Å². The van der Waals surface area contributed by atoms with E-state index in [1.54, 1.807) is 6.20 Å². The van der Waals surface area contributed by atoms with E-state index in [1.807, 2.05) is 12.1 Å². The summed E-state index contributed by atoms with van der Waals surface area (Å²) in [4.78, 5) is 19.6. The van der Waals surface area contributed by atoms with Crippen molar-refractivity contribution in [2.24, 2.45) is 0 Å². The highest BCUT2D eigenvalue weighted by Crippen LogP contribution is 2.11. The van der Waals surface area contributed by atoms with Crippen LogP contribution in [-0.4, -0.2) is 39.4 Å². The van der Waals surface area contributed by atoms with Gasteiger partial charge in [-0.1, -0.05) is 6.92 Å². The van der Waals surface area contributed by atoms with Crippen LogP contribution in [0.4, 0.5) is 0 Å². The Balaban J connectivity index is 2.17. The third kappa shape index (κ3) is 3.00. The summed E-state index contributed by atoms with van der Waals surface area (Å²) in [6, 6.07) is 3.99. The number of methoxy groups -OCH3 is 1. The number of ether oxygens (including phenoxy) is 1. The zero-order chi connectivity index (χ0) is 14.5. The van der Waals surface area contributed by atoms with E-state index in [1.165, 1.54) is 18.1 Å². The lowest BCUT2D eigenvalue weighted by molar-refractivity contribution is 0.0587. The minimum absolute atomic E-state index is 0.0256. The highest BCUT2D eigenvalue weighted by molar-refractivity contribution is 5.84. The van der Waals surface area contributed by atoms with Crippen LogP contribution in [0.15, 0.2) is 24.7 Å². The Morgan fingerprint density at radius 3 is 2.85 bits per heavy atom. The average molecular weight is 275 g/mol. The topological polar surface area (TPSA) is 81.9 Å². The van der Waals surface area contributed by atoms with Gasteiger partial charge in [0.25, 0.3) is 5.82 Å². The van der Waals surface area contributed by atoms with Gasteiger partial charge >= 0.3 is 5.97 Å². The van der Waals surface area contributed by atoms with Gasteiger partial charge in [-0.3, -0.25) is 4.98 Å². The average Bonchev–Trinajstić information content (AvgIpc) is 2.96. The number of nitrogens with one attached hydrogen (secondary N) is 1. The zero-order valence-electron chi connectivity index (χ0n) is 11.7. The highest BCUT2D eigenvalue weighted by atomic mass is 16.5. The lowest BCUT2D eigenvalue weighted by atomic mass is 10.2. The second-order valence-electron chi connectivity index (χ2n) is 4.22. The molecule has 0 spiro atoms. The first-order valence-electron chi connectivity index (χ1n) is 6.35. The summed E-state index contributed by atoms with van der Waals surface area (Å²) < 4.78 is 6.05. The molecule has 2 aromatic heterocycles. The number of aromatic nitrogens is 4. The fourth-order valence-electron chi connectivity index (χ4n) is 1.77. The first-order chi connectivity index (χ1) is 9.65. The van der Waals surface area contributed by atoms with Gasteiger partial charge in [0.15, 0.2) is 0 Å². The maximum absolute atomic E-state index is 11.3. The third-order valence-electron chi connectivity index (χ3n) is 2.85. The number of carbonyl (C=O) groups is 1. The molecule has 2 heterocycles. The summed E-state index contributed by atoms with van der Waals surface area (Å²) in [7, 11) is 1.29. The molecule has 0 aliphatic rings. The van der Waals surface area contributed by atoms with Gasteiger partial charge in [-0.2, -0.15) is 0 Å². The van der Waals surface area contributed by atoms with Gasteiger partial charge in [-0.05, 0) is 25.6 Å². The third-order valence-corrected chi connectivity index (χ3v) is 2.85. The van der Waals surface area contributed by atoms with Crippen LogP contribution in [0.1, 0.15) is 36.2 Å². The molecule has 0 amide bonds. The smallest absolute Gasteiger partial charge is 0.377 e. The largest absolute Gasteiger partial charge is 0.463 e. The molecule has 1 unspecified atom stereocenters. The van der Waals surface area contributed by atoms with Crippen molar-refractivity contribution in [1.82, 2.24) is 25.1 Å². The molecule has 0 aromatic carbocycles. The fraction of sp³-hybridized carbons (Fsp3) is 0.385. The summed E-state index contributed by atoms with van der Waals surface area (Å²) in [6.45, 7) is 4.99. The van der Waals surface area contributed by atoms with E-state index in [2.05, 4.69) is 39.0 Å². The van der Waals surface area contributed by atoms with Gasteiger partial charge < -0.3 is 10.1 Å². The van der Waals surface area contributed by atoms with E-state index < -0.39 is 5.97 Å². The molecule has 0 fully saturated rings. The number of nitrogens with zero attached hydrogens (tertiary/aromatic N) is 4. The quantitative estimate of drug-likeness (QED) is 0.823. The summed E-state index contributed by atoms with van der Waals surface area (Å²) >= 11 is 0. The molecule has 0 radical (unpaired) electrons. The Kier molecular flexibility index (Phi) is 4.41. The lowest BCUT2D eigenvalue weighted by Gasteiger charge is -2.11. The van der Waals surface area contributed by atoms with E-state index in [9.17, 15) is 4.79 Å². The van der Waals surface area contributed by atoms with Crippen molar-refractivity contribution in [3.05, 3.63) is 36.2 Å². The number of pyridine rings is 1. The molecule has 7 nitrogen and oxygen atoms in total. The van der Waals surface area contributed by atoms with Gasteiger partial charge in [-0.15, -0.1) is 5.10 Å². The van der Waals surface area contributed by atoms with E-state index >= 15 is 0 Å². The summed E-state index contributed by atoms with van der Waals surface area (Å²) in [5.41, 5.74) is 1.68. The second kappa shape index (κ2) is 6.25. The maximum atomic E-state index is 11.3. The van der Waals surface area contributed by atoms with Crippen molar-refractivity contribution in [3.63, 3.8) is 0 Å². The molecule has 0 saturated carbocycles. The molecular weight excluding hydrogens is 258 g/mol. The molecule has 2 rings (SSSR count). The lowest BCUT2D eigenvalue weighted by Crippen LogP contribution is -2.18. The number of esters is 1. The summed E-state index contributed by atoms with van der Waals surface area (Å²) in [5.74, 6) is -0.535. The predicted molar refractivity (Wildman–Crippen MR) is 72.6 cm³/mol. The predicted octanol–water partition coefficient (Wildman–Crippen LogP) is 1.12. The Morgan fingerprint density at radius 2 is 2.25 bits per heavy atom. The van der Waals surface area contributed by atoms with Crippen LogP contribution in [0, 0.1) is 0 Å². The van der Waals surface area contributed by atoms with E-state index in [4.69, 9.17) is 0 Å². The molecule has 2 aromatic rings. The molecule has 0 saturated heterocycles. The monoisotopic (exact) mass is 275 g/mol. The van der Waals surface area contributed by atoms with Crippen molar-refractivity contribution in [1.29, 1.82) is 0 Å². The van der Waals surface area contributed by atoms with Crippen LogP contribution in [0.2, 0.25) is 0 Å². The number of rotatable bonds is 5. The van der Waals surface area contributed by atoms with Crippen LogP contribution < -0.4 is 5.32 Å². The van der Waals surface area contributed by atoms with Gasteiger partial charge in [0, 0.05) is 6.04 Å². The zero-order valence-corrected chi connectivity index (χ0v) is 11.7. The molecule has 20 heavy (non-hydrogen) atoms. The Labute approximate surface area is 117 Å². The Bertz CT molecular complexity index is 579. The molecular formula is C13H17N5O2. The van der Waals surface area contributed by atoms with Gasteiger partial charge in [-0.25, -0.2) is 14.5 Å². The van der Waals surface area contributed by atoms with Gasteiger partial charge in [0.2, 0.25) is 0 Å². The van der Waals surface area contributed by atoms with Crippen molar-refractivity contribution in [2.75, 3.05) is 13.7 Å². The number of hydrogen-bond acceptors (Lipinski definition) is 6. The molecule has 106 valence electrons. The Hall–Kier alpha value is -2.28. The van der Waals surface area contributed by atoms with Gasteiger partial charge in [0.05, 0.1) is 24.7 Å². The molecule has 0 aliphatic carbocycles. The van der Waals surface area contributed by atoms with Crippen molar-refractivity contribution in [3.8, 4) is 5.69 Å². The van der Waals surface area contributed by atoms with E-state index in [-0.39, 0.29) is 11.9 Å².